The van der Waals surface area contributed by atoms with E-state index in [9.17, 15) is 24.9 Å². The molecular weight excluding hydrogens is 578 g/mol. The fourth-order valence-electron chi connectivity index (χ4n) is 7.96. The van der Waals surface area contributed by atoms with E-state index in [0.29, 0.717) is 61.5 Å². The van der Waals surface area contributed by atoms with Crippen LogP contribution in [-0.2, 0) is 22.4 Å². The molecule has 0 amide bonds. The normalized spacial score (nSPS) is 25.9. The maximum absolute atomic E-state index is 13.5. The van der Waals surface area contributed by atoms with Crippen LogP contribution < -0.4 is 10.1 Å². The van der Waals surface area contributed by atoms with Crippen LogP contribution in [0.3, 0.4) is 0 Å². The minimum absolute atomic E-state index is 0.0101. The summed E-state index contributed by atoms with van der Waals surface area (Å²) in [6, 6.07) is 14.1. The third-order valence-corrected chi connectivity index (χ3v) is 10.6. The number of ether oxygens (including phenoxy) is 1. The van der Waals surface area contributed by atoms with Gasteiger partial charge in [0.25, 0.3) is 0 Å². The second-order valence-corrected chi connectivity index (χ2v) is 13.7. The summed E-state index contributed by atoms with van der Waals surface area (Å²) >= 11 is 0. The van der Waals surface area contributed by atoms with Gasteiger partial charge in [-0.3, -0.25) is 9.59 Å². The zero-order valence-corrected chi connectivity index (χ0v) is 27.3. The van der Waals surface area contributed by atoms with E-state index in [4.69, 9.17) is 4.74 Å². The number of Topliss-reactive ketones (excluding diaryl/α,β-unsaturated/α-hetero) is 2. The van der Waals surface area contributed by atoms with E-state index >= 15 is 0 Å². The van der Waals surface area contributed by atoms with Crippen molar-refractivity contribution in [2.75, 3.05) is 20.3 Å². The summed E-state index contributed by atoms with van der Waals surface area (Å²) in [7, 11) is 1.51. The average molecular weight is 630 g/mol. The molecule has 0 bridgehead atoms. The molecule has 7 unspecified atom stereocenters. The highest BCUT2D eigenvalue weighted by molar-refractivity contribution is 5.85. The zero-order chi connectivity index (χ0) is 32.5. The number of hydrogen-bond donors (Lipinski definition) is 4. The Balaban J connectivity index is 1.28. The van der Waals surface area contributed by atoms with Crippen molar-refractivity contribution in [3.63, 3.8) is 0 Å². The van der Waals surface area contributed by atoms with Crippen molar-refractivity contribution in [2.45, 2.75) is 102 Å². The molecule has 248 valence electrons. The summed E-state index contributed by atoms with van der Waals surface area (Å²) in [4.78, 5) is 25.4. The summed E-state index contributed by atoms with van der Waals surface area (Å²) in [6.45, 7) is 0.960. The molecule has 2 aromatic rings. The van der Waals surface area contributed by atoms with E-state index in [1.165, 1.54) is 19.1 Å². The number of piperidine rings is 1. The van der Waals surface area contributed by atoms with Crippen LogP contribution in [0.1, 0.15) is 93.2 Å². The van der Waals surface area contributed by atoms with Gasteiger partial charge >= 0.3 is 0 Å². The number of methoxy groups -OCH3 is 1. The van der Waals surface area contributed by atoms with Gasteiger partial charge in [-0.2, -0.15) is 0 Å². The minimum Gasteiger partial charge on any atom is -0.504 e. The lowest BCUT2D eigenvalue weighted by Gasteiger charge is -2.39. The van der Waals surface area contributed by atoms with Crippen molar-refractivity contribution in [3.05, 3.63) is 59.2 Å². The first-order chi connectivity index (χ1) is 22.4. The van der Waals surface area contributed by atoms with Crippen molar-refractivity contribution in [1.29, 1.82) is 0 Å². The summed E-state index contributed by atoms with van der Waals surface area (Å²) in [5, 5.41) is 35.8. The lowest BCUT2D eigenvalue weighted by atomic mass is 9.74. The fraction of sp³-hybridized carbons (Fsp3) is 0.590. The molecule has 3 aliphatic rings. The number of aromatic hydroxyl groups is 1. The highest BCUT2D eigenvalue weighted by Gasteiger charge is 2.35. The number of nitrogens with one attached hydrogen (secondary N) is 1. The Kier molecular flexibility index (Phi) is 12.3. The van der Waals surface area contributed by atoms with E-state index in [1.54, 1.807) is 6.07 Å². The van der Waals surface area contributed by atoms with Crippen LogP contribution in [0.15, 0.2) is 42.5 Å². The Hall–Kier alpha value is -3.18. The Bertz CT molecular complexity index is 1380. The van der Waals surface area contributed by atoms with Crippen molar-refractivity contribution in [2.24, 2.45) is 23.7 Å². The summed E-state index contributed by atoms with van der Waals surface area (Å²) in [6.07, 6.45) is 8.97. The molecule has 4 N–H and O–H groups in total. The van der Waals surface area contributed by atoms with Crippen LogP contribution in [0.5, 0.6) is 11.5 Å². The molecule has 2 aliphatic carbocycles. The number of hydrogen-bond acceptors (Lipinski definition) is 7. The number of fused-ring (bicyclic) bond motifs is 2. The van der Waals surface area contributed by atoms with Gasteiger partial charge in [0.05, 0.1) is 13.2 Å². The van der Waals surface area contributed by atoms with Gasteiger partial charge in [0, 0.05) is 37.8 Å². The Morgan fingerprint density at radius 1 is 1.00 bits per heavy atom. The number of carbonyl (C=O) groups is 2. The number of phenolic OH excluding ortho intramolecular Hbond substituents is 1. The number of carbonyl (C=O) groups excluding carboxylic acids is 2. The van der Waals surface area contributed by atoms with Crippen LogP contribution in [0.25, 0.3) is 0 Å². The van der Waals surface area contributed by atoms with Crippen LogP contribution >= 0.6 is 0 Å². The number of benzene rings is 2. The lowest BCUT2D eigenvalue weighted by Crippen LogP contribution is -2.48. The highest BCUT2D eigenvalue weighted by Crippen LogP contribution is 2.40. The SMILES string of the molecule is COc1cc2c(cc1O)C(C(CCO)CCc1ccccc1)C#CC(C(O)CCCCC1CNC3CC(=O)CCC3C1)C(=O)CC2. The van der Waals surface area contributed by atoms with Gasteiger partial charge in [0.1, 0.15) is 11.7 Å². The number of aryl methyl sites for hydroxylation is 2. The summed E-state index contributed by atoms with van der Waals surface area (Å²) < 4.78 is 5.41. The predicted octanol–water partition coefficient (Wildman–Crippen LogP) is 5.52. The molecular formula is C39H51NO6. The number of rotatable bonds is 13. The zero-order valence-electron chi connectivity index (χ0n) is 27.3. The van der Waals surface area contributed by atoms with E-state index < -0.39 is 12.0 Å². The molecule has 1 aliphatic heterocycles. The topological polar surface area (TPSA) is 116 Å². The first kappa shape index (κ1) is 34.2. The van der Waals surface area contributed by atoms with Gasteiger partial charge in [0.15, 0.2) is 17.3 Å². The first-order valence-electron chi connectivity index (χ1n) is 17.4. The molecule has 2 aromatic carbocycles. The average Bonchev–Trinajstić information content (AvgIpc) is 3.13. The van der Waals surface area contributed by atoms with Gasteiger partial charge < -0.3 is 25.4 Å². The van der Waals surface area contributed by atoms with Crippen molar-refractivity contribution in [3.8, 4) is 23.3 Å². The standard InChI is InChI=1S/C39H51NO6/c1-46-39-22-29-14-18-37(44)33(36(43)10-6-5-9-27-21-30-13-15-31(42)23-35(30)40-25-27)17-16-32(34(29)24-38(39)45)28(19-20-41)12-11-26-7-3-2-4-8-26/h2-4,7-8,22,24,27-28,30,32-33,35-36,40-41,43,45H,5-6,9-15,18-21,23,25H2,1H3. The van der Waals surface area contributed by atoms with E-state index in [2.05, 4.69) is 29.3 Å². The maximum Gasteiger partial charge on any atom is 0.160 e. The highest BCUT2D eigenvalue weighted by atomic mass is 16.5. The van der Waals surface area contributed by atoms with E-state index in [-0.39, 0.29) is 36.4 Å². The van der Waals surface area contributed by atoms with Gasteiger partial charge in [-0.05, 0) is 104 Å². The molecule has 2 fully saturated rings. The number of unbranched alkanes of at least 4 members (excludes halogenated alkanes) is 1. The second-order valence-electron chi connectivity index (χ2n) is 13.7. The van der Waals surface area contributed by atoms with Gasteiger partial charge in [-0.1, -0.05) is 55.0 Å². The maximum atomic E-state index is 13.5. The van der Waals surface area contributed by atoms with Crippen molar-refractivity contribution < 1.29 is 29.6 Å². The van der Waals surface area contributed by atoms with Crippen LogP contribution in [0.4, 0.5) is 0 Å². The summed E-state index contributed by atoms with van der Waals surface area (Å²) in [5.74, 6) is 7.43. The molecule has 0 spiro atoms. The Morgan fingerprint density at radius 2 is 1.80 bits per heavy atom. The van der Waals surface area contributed by atoms with Crippen LogP contribution in [0.2, 0.25) is 0 Å². The molecule has 1 saturated carbocycles. The van der Waals surface area contributed by atoms with Crippen molar-refractivity contribution >= 4 is 11.6 Å². The van der Waals surface area contributed by atoms with E-state index in [0.717, 1.165) is 56.2 Å². The minimum atomic E-state index is -0.844. The Morgan fingerprint density at radius 3 is 2.59 bits per heavy atom. The molecule has 7 nitrogen and oxygen atoms in total. The third kappa shape index (κ3) is 8.79. The number of aliphatic hydroxyl groups excluding tert-OH is 2. The molecule has 7 heteroatoms. The third-order valence-electron chi connectivity index (χ3n) is 10.6. The quantitative estimate of drug-likeness (QED) is 0.170. The lowest BCUT2D eigenvalue weighted by molar-refractivity contribution is -0.124. The monoisotopic (exact) mass is 629 g/mol. The van der Waals surface area contributed by atoms with E-state index in [1.807, 2.05) is 24.3 Å². The largest absolute Gasteiger partial charge is 0.504 e. The molecule has 0 aromatic heterocycles. The fourth-order valence-corrected chi connectivity index (χ4v) is 7.96. The molecule has 46 heavy (non-hydrogen) atoms. The Labute approximate surface area is 274 Å². The molecule has 7 atom stereocenters. The molecule has 1 heterocycles. The number of ketones is 2. The van der Waals surface area contributed by atoms with Crippen LogP contribution in [0, 0.1) is 35.5 Å². The first-order valence-corrected chi connectivity index (χ1v) is 17.4. The van der Waals surface area contributed by atoms with Gasteiger partial charge in [-0.25, -0.2) is 0 Å². The summed E-state index contributed by atoms with van der Waals surface area (Å²) in [5.41, 5.74) is 2.98. The predicted molar refractivity (Wildman–Crippen MR) is 179 cm³/mol. The van der Waals surface area contributed by atoms with Gasteiger partial charge in [-0.15, -0.1) is 0 Å². The molecule has 1 saturated heterocycles. The van der Waals surface area contributed by atoms with Crippen LogP contribution in [-0.4, -0.2) is 59.3 Å². The molecule has 5 rings (SSSR count). The van der Waals surface area contributed by atoms with Crippen molar-refractivity contribution in [1.82, 2.24) is 5.32 Å². The van der Waals surface area contributed by atoms with Gasteiger partial charge in [0.2, 0.25) is 0 Å². The number of aliphatic hydroxyl groups is 2. The smallest absolute Gasteiger partial charge is 0.160 e. The number of phenols is 1. The molecule has 0 radical (unpaired) electrons. The second kappa shape index (κ2) is 16.6.